The average molecular weight is 256 g/mol. The molecule has 0 saturated carbocycles. The van der Waals surface area contributed by atoms with Gasteiger partial charge in [-0.25, -0.2) is 9.97 Å². The molecule has 0 fully saturated rings. The lowest BCUT2D eigenvalue weighted by Gasteiger charge is -2.14. The molecule has 0 radical (unpaired) electrons. The van der Waals surface area contributed by atoms with E-state index in [2.05, 4.69) is 52.6 Å². The van der Waals surface area contributed by atoms with E-state index in [4.69, 9.17) is 0 Å². The summed E-state index contributed by atoms with van der Waals surface area (Å²) in [6.07, 6.45) is 0.993. The van der Waals surface area contributed by atoms with E-state index in [1.165, 1.54) is 11.1 Å². The molecule has 2 rings (SSSR count). The van der Waals surface area contributed by atoms with Crippen LogP contribution in [0.4, 0.5) is 17.3 Å². The maximum atomic E-state index is 4.43. The molecule has 4 nitrogen and oxygen atoms in total. The van der Waals surface area contributed by atoms with Gasteiger partial charge >= 0.3 is 0 Å². The highest BCUT2D eigenvalue weighted by Crippen LogP contribution is 2.25. The van der Waals surface area contributed by atoms with Gasteiger partial charge in [-0.3, -0.25) is 0 Å². The lowest BCUT2D eigenvalue weighted by Crippen LogP contribution is -2.03. The molecule has 1 heterocycles. The number of hydrogen-bond acceptors (Lipinski definition) is 4. The van der Waals surface area contributed by atoms with Crippen molar-refractivity contribution in [2.75, 3.05) is 17.7 Å². The molecule has 100 valence electrons. The Morgan fingerprint density at radius 3 is 2.53 bits per heavy atom. The van der Waals surface area contributed by atoms with Gasteiger partial charge in [-0.05, 0) is 31.4 Å². The van der Waals surface area contributed by atoms with Gasteiger partial charge in [-0.15, -0.1) is 0 Å². The Morgan fingerprint density at radius 1 is 1.11 bits per heavy atom. The van der Waals surface area contributed by atoms with Crippen molar-refractivity contribution in [3.8, 4) is 0 Å². The zero-order chi connectivity index (χ0) is 13.8. The van der Waals surface area contributed by atoms with Gasteiger partial charge in [0.1, 0.15) is 17.5 Å². The molecule has 0 bridgehead atoms. The van der Waals surface area contributed by atoms with Crippen LogP contribution in [0.2, 0.25) is 0 Å². The number of aryl methyl sites for hydroxylation is 3. The van der Waals surface area contributed by atoms with Crippen LogP contribution in [0.25, 0.3) is 0 Å². The molecule has 0 aliphatic rings. The van der Waals surface area contributed by atoms with Crippen molar-refractivity contribution >= 4 is 17.3 Å². The maximum Gasteiger partial charge on any atom is 0.136 e. The molecule has 0 aliphatic carbocycles. The monoisotopic (exact) mass is 256 g/mol. The second kappa shape index (κ2) is 5.69. The van der Waals surface area contributed by atoms with E-state index in [-0.39, 0.29) is 0 Å². The van der Waals surface area contributed by atoms with Crippen molar-refractivity contribution in [3.05, 3.63) is 41.2 Å². The molecule has 19 heavy (non-hydrogen) atoms. The molecular formula is C15H20N4. The number of anilines is 3. The number of hydrogen-bond donors (Lipinski definition) is 2. The zero-order valence-electron chi connectivity index (χ0n) is 11.9. The van der Waals surface area contributed by atoms with E-state index in [1.807, 2.05) is 20.0 Å². The summed E-state index contributed by atoms with van der Waals surface area (Å²) in [7, 11) is 1.86. The van der Waals surface area contributed by atoms with E-state index < -0.39 is 0 Å². The Bertz CT molecular complexity index is 578. The Morgan fingerprint density at radius 2 is 1.84 bits per heavy atom. The molecule has 0 amide bonds. The van der Waals surface area contributed by atoms with E-state index in [0.29, 0.717) is 0 Å². The first kappa shape index (κ1) is 13.3. The summed E-state index contributed by atoms with van der Waals surface area (Å²) in [5.74, 6) is 2.39. The zero-order valence-corrected chi connectivity index (χ0v) is 11.9. The van der Waals surface area contributed by atoms with Crippen molar-refractivity contribution in [2.24, 2.45) is 0 Å². The first-order chi connectivity index (χ1) is 9.13. The number of nitrogens with one attached hydrogen (secondary N) is 2. The minimum Gasteiger partial charge on any atom is -0.373 e. The number of rotatable bonds is 4. The van der Waals surface area contributed by atoms with Gasteiger partial charge < -0.3 is 10.6 Å². The first-order valence-corrected chi connectivity index (χ1v) is 6.53. The van der Waals surface area contributed by atoms with Crippen molar-refractivity contribution in [1.82, 2.24) is 9.97 Å². The molecule has 4 heteroatoms. The fourth-order valence-electron chi connectivity index (χ4n) is 2.09. The Kier molecular flexibility index (Phi) is 4.00. The molecule has 2 N–H and O–H groups in total. The summed E-state index contributed by atoms with van der Waals surface area (Å²) >= 11 is 0. The third-order valence-electron chi connectivity index (χ3n) is 3.09. The largest absolute Gasteiger partial charge is 0.373 e. The minimum absolute atomic E-state index is 0.751. The van der Waals surface area contributed by atoms with Crippen LogP contribution in [0.5, 0.6) is 0 Å². The van der Waals surface area contributed by atoms with Crippen LogP contribution in [0.15, 0.2) is 24.3 Å². The number of nitrogens with zero attached hydrogens (tertiary/aromatic N) is 2. The second-order valence-electron chi connectivity index (χ2n) is 4.52. The van der Waals surface area contributed by atoms with E-state index in [9.17, 15) is 0 Å². The lowest BCUT2D eigenvalue weighted by atomic mass is 10.1. The highest BCUT2D eigenvalue weighted by Gasteiger charge is 2.07. The number of para-hydroxylation sites is 1. The summed E-state index contributed by atoms with van der Waals surface area (Å²) in [4.78, 5) is 8.73. The van der Waals surface area contributed by atoms with Gasteiger partial charge in [0.2, 0.25) is 0 Å². The van der Waals surface area contributed by atoms with Gasteiger partial charge in [0.15, 0.2) is 0 Å². The van der Waals surface area contributed by atoms with Crippen molar-refractivity contribution in [3.63, 3.8) is 0 Å². The minimum atomic E-state index is 0.751. The third kappa shape index (κ3) is 3.02. The normalized spacial score (nSPS) is 10.3. The molecule has 1 aromatic heterocycles. The van der Waals surface area contributed by atoms with Gasteiger partial charge in [0, 0.05) is 18.8 Å². The summed E-state index contributed by atoms with van der Waals surface area (Å²) in [5.41, 5.74) is 3.66. The van der Waals surface area contributed by atoms with Crippen LogP contribution in [-0.4, -0.2) is 17.0 Å². The van der Waals surface area contributed by atoms with Gasteiger partial charge in [-0.2, -0.15) is 0 Å². The standard InChI is InChI=1S/C15H20N4/c1-5-12-8-6-7-10(2)15(12)19-14-9-13(16-4)17-11(3)18-14/h6-9H,5H2,1-4H3,(H2,16,17,18,19). The average Bonchev–Trinajstić information content (AvgIpc) is 2.40. The first-order valence-electron chi connectivity index (χ1n) is 6.53. The summed E-state index contributed by atoms with van der Waals surface area (Å²) in [6, 6.07) is 8.25. The SMILES string of the molecule is CCc1cccc(C)c1Nc1cc(NC)nc(C)n1. The third-order valence-corrected chi connectivity index (χ3v) is 3.09. The lowest BCUT2D eigenvalue weighted by molar-refractivity contribution is 1.05. The molecule has 0 aliphatic heterocycles. The van der Waals surface area contributed by atoms with Crippen molar-refractivity contribution < 1.29 is 0 Å². The fraction of sp³-hybridized carbons (Fsp3) is 0.333. The maximum absolute atomic E-state index is 4.43. The Hall–Kier alpha value is -2.10. The summed E-state index contributed by atoms with van der Waals surface area (Å²) in [6.45, 7) is 6.16. The van der Waals surface area contributed by atoms with Crippen LogP contribution in [0.1, 0.15) is 23.9 Å². The molecular weight excluding hydrogens is 236 g/mol. The van der Waals surface area contributed by atoms with Gasteiger partial charge in [-0.1, -0.05) is 25.1 Å². The smallest absolute Gasteiger partial charge is 0.136 e. The van der Waals surface area contributed by atoms with E-state index >= 15 is 0 Å². The van der Waals surface area contributed by atoms with Crippen LogP contribution >= 0.6 is 0 Å². The van der Waals surface area contributed by atoms with Crippen molar-refractivity contribution in [2.45, 2.75) is 27.2 Å². The van der Waals surface area contributed by atoms with Crippen LogP contribution in [-0.2, 0) is 6.42 Å². The molecule has 0 saturated heterocycles. The Balaban J connectivity index is 2.38. The van der Waals surface area contributed by atoms with E-state index in [0.717, 1.165) is 29.6 Å². The quantitative estimate of drug-likeness (QED) is 0.879. The van der Waals surface area contributed by atoms with Gasteiger partial charge in [0.05, 0.1) is 0 Å². The topological polar surface area (TPSA) is 49.8 Å². The Labute approximate surface area is 114 Å². The molecule has 0 atom stereocenters. The highest BCUT2D eigenvalue weighted by atomic mass is 15.1. The number of aromatic nitrogens is 2. The van der Waals surface area contributed by atoms with Crippen LogP contribution in [0.3, 0.4) is 0 Å². The second-order valence-corrected chi connectivity index (χ2v) is 4.52. The molecule has 2 aromatic rings. The molecule has 0 spiro atoms. The summed E-state index contributed by atoms with van der Waals surface area (Å²) < 4.78 is 0. The number of benzene rings is 1. The molecule has 0 unspecified atom stereocenters. The van der Waals surface area contributed by atoms with Crippen LogP contribution < -0.4 is 10.6 Å². The van der Waals surface area contributed by atoms with E-state index in [1.54, 1.807) is 0 Å². The van der Waals surface area contributed by atoms with Crippen LogP contribution in [0, 0.1) is 13.8 Å². The fourth-order valence-corrected chi connectivity index (χ4v) is 2.09. The van der Waals surface area contributed by atoms with Gasteiger partial charge in [0.25, 0.3) is 0 Å². The highest BCUT2D eigenvalue weighted by molar-refractivity contribution is 5.66. The molecule has 1 aromatic carbocycles. The summed E-state index contributed by atoms with van der Waals surface area (Å²) in [5, 5.41) is 6.46. The van der Waals surface area contributed by atoms with Crippen molar-refractivity contribution in [1.29, 1.82) is 0 Å². The predicted octanol–water partition coefficient (Wildman–Crippen LogP) is 3.44. The predicted molar refractivity (Wildman–Crippen MR) is 80.2 cm³/mol.